The third kappa shape index (κ3) is 5.26. The van der Waals surface area contributed by atoms with E-state index in [1.54, 1.807) is 6.21 Å². The van der Waals surface area contributed by atoms with Crippen LogP contribution in [-0.2, 0) is 6.61 Å². The smallest absolute Gasteiger partial charge is 0.203 e. The maximum Gasteiger partial charge on any atom is 0.203 e. The zero-order chi connectivity index (χ0) is 20.8. The van der Waals surface area contributed by atoms with Gasteiger partial charge in [-0.05, 0) is 36.8 Å². The van der Waals surface area contributed by atoms with Gasteiger partial charge in [-0.1, -0.05) is 65.7 Å². The molecule has 0 fully saturated rings. The fourth-order valence-corrected chi connectivity index (χ4v) is 3.59. The highest BCUT2D eigenvalue weighted by molar-refractivity contribution is 7.14. The molecule has 0 saturated heterocycles. The predicted molar refractivity (Wildman–Crippen MR) is 126 cm³/mol. The van der Waals surface area contributed by atoms with Gasteiger partial charge < -0.3 is 4.74 Å². The molecule has 30 heavy (non-hydrogen) atoms. The highest BCUT2D eigenvalue weighted by Crippen LogP contribution is 2.25. The van der Waals surface area contributed by atoms with E-state index in [9.17, 15) is 0 Å². The minimum absolute atomic E-state index is 0.460. The van der Waals surface area contributed by atoms with Crippen molar-refractivity contribution in [1.29, 1.82) is 0 Å². The van der Waals surface area contributed by atoms with Gasteiger partial charge in [-0.3, -0.25) is 5.43 Å². The average molecular weight is 434 g/mol. The molecule has 1 N–H and O–H groups in total. The van der Waals surface area contributed by atoms with Crippen LogP contribution in [-0.4, -0.2) is 11.2 Å². The molecule has 0 radical (unpaired) electrons. The van der Waals surface area contributed by atoms with Gasteiger partial charge in [-0.2, -0.15) is 5.10 Å². The van der Waals surface area contributed by atoms with E-state index >= 15 is 0 Å². The first kappa shape index (κ1) is 20.1. The van der Waals surface area contributed by atoms with Crippen LogP contribution in [0.25, 0.3) is 11.3 Å². The van der Waals surface area contributed by atoms with Crippen LogP contribution in [0.3, 0.4) is 0 Å². The molecular weight excluding hydrogens is 414 g/mol. The molecular formula is C24H20ClN3OS. The van der Waals surface area contributed by atoms with E-state index in [-0.39, 0.29) is 0 Å². The normalized spacial score (nSPS) is 11.0. The minimum atomic E-state index is 0.460. The summed E-state index contributed by atoms with van der Waals surface area (Å²) in [5, 5.41) is 7.81. The summed E-state index contributed by atoms with van der Waals surface area (Å²) in [6.45, 7) is 2.53. The summed E-state index contributed by atoms with van der Waals surface area (Å²) in [5.74, 6) is 0.762. The second-order valence-electron chi connectivity index (χ2n) is 6.73. The highest BCUT2D eigenvalue weighted by atomic mass is 35.5. The number of aromatic nitrogens is 1. The first-order valence-corrected chi connectivity index (χ1v) is 10.7. The molecule has 150 valence electrons. The van der Waals surface area contributed by atoms with Crippen molar-refractivity contribution in [3.8, 4) is 17.0 Å². The molecule has 0 unspecified atom stereocenters. The zero-order valence-electron chi connectivity index (χ0n) is 16.4. The van der Waals surface area contributed by atoms with Crippen LogP contribution >= 0.6 is 22.9 Å². The summed E-state index contributed by atoms with van der Waals surface area (Å²) in [4.78, 5) is 4.60. The molecule has 4 rings (SSSR count). The summed E-state index contributed by atoms with van der Waals surface area (Å²) in [6.07, 6.45) is 1.74. The lowest BCUT2D eigenvalue weighted by molar-refractivity contribution is 0.306. The third-order valence-electron chi connectivity index (χ3n) is 4.44. The molecule has 4 aromatic rings. The summed E-state index contributed by atoms with van der Waals surface area (Å²) < 4.78 is 5.96. The van der Waals surface area contributed by atoms with Crippen molar-refractivity contribution in [3.05, 3.63) is 99.9 Å². The Bertz CT molecular complexity index is 1140. The quantitative estimate of drug-likeness (QED) is 0.257. The Hall–Kier alpha value is -3.15. The van der Waals surface area contributed by atoms with Gasteiger partial charge in [-0.25, -0.2) is 4.98 Å². The van der Waals surface area contributed by atoms with Crippen molar-refractivity contribution in [2.24, 2.45) is 5.10 Å². The molecule has 1 aromatic heterocycles. The second kappa shape index (κ2) is 9.57. The van der Waals surface area contributed by atoms with Gasteiger partial charge in [0.15, 0.2) is 0 Å². The number of hydrogen-bond acceptors (Lipinski definition) is 5. The number of thiazole rings is 1. The van der Waals surface area contributed by atoms with Gasteiger partial charge in [0.2, 0.25) is 5.13 Å². The third-order valence-corrected chi connectivity index (χ3v) is 5.44. The Labute approximate surface area is 184 Å². The molecule has 1 heterocycles. The number of anilines is 1. The van der Waals surface area contributed by atoms with Gasteiger partial charge in [0.05, 0.1) is 11.9 Å². The molecule has 3 aromatic carbocycles. The topological polar surface area (TPSA) is 46.5 Å². The molecule has 0 spiro atoms. The van der Waals surface area contributed by atoms with E-state index in [4.69, 9.17) is 16.3 Å². The van der Waals surface area contributed by atoms with Gasteiger partial charge in [-0.15, -0.1) is 11.3 Å². The number of aryl methyl sites for hydroxylation is 1. The van der Waals surface area contributed by atoms with Crippen molar-refractivity contribution in [3.63, 3.8) is 0 Å². The fraction of sp³-hybridized carbons (Fsp3) is 0.0833. The maximum atomic E-state index is 5.96. The average Bonchev–Trinajstić information content (AvgIpc) is 3.23. The largest absolute Gasteiger partial charge is 0.488 e. The van der Waals surface area contributed by atoms with Crippen LogP contribution in [0.4, 0.5) is 5.13 Å². The van der Waals surface area contributed by atoms with E-state index in [0.717, 1.165) is 33.3 Å². The molecule has 6 heteroatoms. The molecule has 0 aliphatic rings. The van der Waals surface area contributed by atoms with Crippen LogP contribution < -0.4 is 10.2 Å². The fourth-order valence-electron chi connectivity index (χ4n) is 2.80. The first-order valence-electron chi connectivity index (χ1n) is 9.45. The SMILES string of the molecule is Cc1ccc(-c2csc(NN=Cc3ccccc3OCc3ccc(Cl)cc3)n2)cc1. The number of hydrogen-bond donors (Lipinski definition) is 1. The number of para-hydroxylation sites is 1. The Morgan fingerprint density at radius 3 is 2.60 bits per heavy atom. The van der Waals surface area contributed by atoms with Crippen LogP contribution in [0.5, 0.6) is 5.75 Å². The number of hydrazone groups is 1. The van der Waals surface area contributed by atoms with Crippen LogP contribution in [0.2, 0.25) is 5.02 Å². The van der Waals surface area contributed by atoms with Crippen molar-refractivity contribution >= 4 is 34.3 Å². The molecule has 0 bridgehead atoms. The molecule has 0 atom stereocenters. The van der Waals surface area contributed by atoms with E-state index < -0.39 is 0 Å². The standard InChI is InChI=1S/C24H20ClN3OS/c1-17-6-10-19(11-7-17)22-16-30-24(27-22)28-26-14-20-4-2-3-5-23(20)29-15-18-8-12-21(25)13-9-18/h2-14,16H,15H2,1H3,(H,27,28). The number of nitrogens with one attached hydrogen (secondary N) is 1. The van der Waals surface area contributed by atoms with E-state index in [1.807, 2.05) is 53.9 Å². The van der Waals surface area contributed by atoms with Crippen LogP contribution in [0.1, 0.15) is 16.7 Å². The lowest BCUT2D eigenvalue weighted by Gasteiger charge is -2.09. The number of rotatable bonds is 7. The van der Waals surface area contributed by atoms with Crippen molar-refractivity contribution in [2.75, 3.05) is 5.43 Å². The van der Waals surface area contributed by atoms with E-state index in [2.05, 4.69) is 46.7 Å². The summed E-state index contributed by atoms with van der Waals surface area (Å²) in [7, 11) is 0. The lowest BCUT2D eigenvalue weighted by Crippen LogP contribution is -1.99. The Morgan fingerprint density at radius 1 is 1.03 bits per heavy atom. The minimum Gasteiger partial charge on any atom is -0.488 e. The molecule has 4 nitrogen and oxygen atoms in total. The maximum absolute atomic E-state index is 5.96. The number of ether oxygens (including phenoxy) is 1. The Kier molecular flexibility index (Phi) is 6.42. The number of nitrogens with zero attached hydrogens (tertiary/aromatic N) is 2. The van der Waals surface area contributed by atoms with E-state index in [1.165, 1.54) is 16.9 Å². The number of halogens is 1. The molecule has 0 aliphatic heterocycles. The zero-order valence-corrected chi connectivity index (χ0v) is 18.0. The van der Waals surface area contributed by atoms with Gasteiger partial charge >= 0.3 is 0 Å². The Morgan fingerprint density at radius 2 is 1.80 bits per heavy atom. The lowest BCUT2D eigenvalue weighted by atomic mass is 10.1. The molecule has 0 saturated carbocycles. The summed E-state index contributed by atoms with van der Waals surface area (Å²) >= 11 is 7.45. The van der Waals surface area contributed by atoms with Crippen LogP contribution in [0.15, 0.2) is 83.3 Å². The van der Waals surface area contributed by atoms with Crippen molar-refractivity contribution < 1.29 is 4.74 Å². The highest BCUT2D eigenvalue weighted by Gasteiger charge is 2.05. The number of benzene rings is 3. The molecule has 0 amide bonds. The van der Waals surface area contributed by atoms with Crippen molar-refractivity contribution in [2.45, 2.75) is 13.5 Å². The van der Waals surface area contributed by atoms with Gasteiger partial charge in [0.25, 0.3) is 0 Å². The van der Waals surface area contributed by atoms with Gasteiger partial charge in [0, 0.05) is 21.5 Å². The van der Waals surface area contributed by atoms with Gasteiger partial charge in [0.1, 0.15) is 12.4 Å². The van der Waals surface area contributed by atoms with E-state index in [0.29, 0.717) is 11.6 Å². The van der Waals surface area contributed by atoms with Crippen molar-refractivity contribution in [1.82, 2.24) is 4.98 Å². The predicted octanol–water partition coefficient (Wildman–Crippen LogP) is 6.80. The summed E-state index contributed by atoms with van der Waals surface area (Å²) in [6, 6.07) is 23.7. The van der Waals surface area contributed by atoms with Crippen LogP contribution in [0, 0.1) is 6.92 Å². The Balaban J connectivity index is 1.40. The molecule has 0 aliphatic carbocycles. The monoisotopic (exact) mass is 433 g/mol. The summed E-state index contributed by atoms with van der Waals surface area (Å²) in [5.41, 5.74) is 8.20. The second-order valence-corrected chi connectivity index (χ2v) is 8.02. The first-order chi connectivity index (χ1) is 14.7.